The van der Waals surface area contributed by atoms with Gasteiger partial charge >= 0.3 is 5.97 Å². The van der Waals surface area contributed by atoms with E-state index in [1.807, 2.05) is 0 Å². The molecule has 3 aromatic heterocycles. The van der Waals surface area contributed by atoms with Gasteiger partial charge in [0.05, 0.1) is 16.9 Å². The quantitative estimate of drug-likeness (QED) is 0.217. The number of rotatable bonds is 8. The number of benzene rings is 1. The van der Waals surface area contributed by atoms with Crippen LogP contribution in [0.5, 0.6) is 0 Å². The molecule has 1 saturated heterocycles. The highest BCUT2D eigenvalue weighted by Crippen LogP contribution is 2.30. The topological polar surface area (TPSA) is 156 Å². The molecule has 1 fully saturated rings. The van der Waals surface area contributed by atoms with Gasteiger partial charge in [-0.05, 0) is 43.2 Å². The number of hydrogen-bond donors (Lipinski definition) is 2. The van der Waals surface area contributed by atoms with E-state index in [2.05, 4.69) is 30.0 Å². The van der Waals surface area contributed by atoms with Crippen molar-refractivity contribution in [2.24, 2.45) is 0 Å². The number of halogens is 3. The van der Waals surface area contributed by atoms with E-state index in [0.717, 1.165) is 12.1 Å². The summed E-state index contributed by atoms with van der Waals surface area (Å²) < 4.78 is 60.1. The lowest BCUT2D eigenvalue weighted by atomic mass is 10.0. The minimum atomic E-state index is -4.47. The number of sulfonamides is 1. The van der Waals surface area contributed by atoms with Gasteiger partial charge in [0.25, 0.3) is 15.9 Å². The fourth-order valence-corrected chi connectivity index (χ4v) is 5.80. The van der Waals surface area contributed by atoms with E-state index >= 15 is 0 Å². The molecule has 4 heterocycles. The van der Waals surface area contributed by atoms with Crippen molar-refractivity contribution in [3.63, 3.8) is 0 Å². The van der Waals surface area contributed by atoms with Crippen LogP contribution in [0.1, 0.15) is 19.8 Å². The van der Waals surface area contributed by atoms with Gasteiger partial charge < -0.3 is 15.0 Å². The number of carbonyl (C=O) groups is 2. The Morgan fingerprint density at radius 3 is 2.58 bits per heavy atom. The van der Waals surface area contributed by atoms with Gasteiger partial charge in [-0.1, -0.05) is 11.6 Å². The van der Waals surface area contributed by atoms with E-state index in [4.69, 9.17) is 16.3 Å². The lowest BCUT2D eigenvalue weighted by Crippen LogP contribution is -2.44. The Kier molecular flexibility index (Phi) is 8.64. The number of amides is 1. The van der Waals surface area contributed by atoms with Crippen LogP contribution in [0.2, 0.25) is 5.15 Å². The summed E-state index contributed by atoms with van der Waals surface area (Å²) in [6, 6.07) is 6.85. The van der Waals surface area contributed by atoms with Gasteiger partial charge in [0.1, 0.15) is 28.4 Å². The highest BCUT2D eigenvalue weighted by molar-refractivity contribution is 7.92. The van der Waals surface area contributed by atoms with Crippen molar-refractivity contribution in [2.75, 3.05) is 29.7 Å². The number of nitrogens with zero attached hydrogens (tertiary/aromatic N) is 5. The number of esters is 1. The predicted octanol–water partition coefficient (Wildman–Crippen LogP) is 3.79. The molecular formula is C27H24ClF2N7O5S. The number of fused-ring (bicyclic) bond motifs is 1. The lowest BCUT2D eigenvalue weighted by Gasteiger charge is -2.32. The molecule has 0 bridgehead atoms. The highest BCUT2D eigenvalue weighted by Gasteiger charge is 2.25. The number of aromatic nitrogens is 4. The number of pyridine rings is 2. The Morgan fingerprint density at radius 2 is 1.86 bits per heavy atom. The van der Waals surface area contributed by atoms with Gasteiger partial charge in [-0.2, -0.15) is 0 Å². The van der Waals surface area contributed by atoms with E-state index in [-0.39, 0.29) is 29.4 Å². The normalized spacial score (nSPS) is 14.0. The van der Waals surface area contributed by atoms with Crippen molar-refractivity contribution in [1.82, 2.24) is 24.8 Å². The van der Waals surface area contributed by atoms with Crippen LogP contribution >= 0.6 is 11.6 Å². The lowest BCUT2D eigenvalue weighted by molar-refractivity contribution is -0.150. The zero-order valence-electron chi connectivity index (χ0n) is 22.6. The third-order valence-corrected chi connectivity index (χ3v) is 8.33. The zero-order valence-corrected chi connectivity index (χ0v) is 24.1. The summed E-state index contributed by atoms with van der Waals surface area (Å²) in [6.45, 7) is 1.90. The fraction of sp³-hybridized carbons (Fsp3) is 0.259. The van der Waals surface area contributed by atoms with E-state index in [1.165, 1.54) is 25.5 Å². The van der Waals surface area contributed by atoms with E-state index in [1.54, 1.807) is 17.0 Å². The molecule has 0 saturated carbocycles. The van der Waals surface area contributed by atoms with Gasteiger partial charge in [-0.15, -0.1) is 0 Å². The third-order valence-electron chi connectivity index (χ3n) is 6.63. The number of nitrogens with one attached hydrogen (secondary N) is 2. The molecule has 2 N–H and O–H groups in total. The molecule has 0 aliphatic carbocycles. The maximum Gasteiger partial charge on any atom is 0.303 e. The average Bonchev–Trinajstić information content (AvgIpc) is 2.97. The molecule has 12 nitrogen and oxygen atoms in total. The number of piperidine rings is 1. The molecule has 1 aromatic carbocycles. The van der Waals surface area contributed by atoms with Crippen LogP contribution in [0.15, 0.2) is 53.8 Å². The molecule has 224 valence electrons. The first-order valence-electron chi connectivity index (χ1n) is 12.9. The minimum Gasteiger partial charge on any atom is -0.456 e. The summed E-state index contributed by atoms with van der Waals surface area (Å²) in [4.78, 5) is 41.5. The summed E-state index contributed by atoms with van der Waals surface area (Å²) in [5, 5.41) is 3.17. The number of carbonyl (C=O) groups excluding carboxylic acids is 2. The van der Waals surface area contributed by atoms with Crippen molar-refractivity contribution in [3.05, 3.63) is 65.7 Å². The Morgan fingerprint density at radius 1 is 1.09 bits per heavy atom. The molecule has 0 atom stereocenters. The van der Waals surface area contributed by atoms with Gasteiger partial charge in [0, 0.05) is 43.9 Å². The van der Waals surface area contributed by atoms with Crippen molar-refractivity contribution in [2.45, 2.75) is 30.7 Å². The molecule has 0 radical (unpaired) electrons. The zero-order chi connectivity index (χ0) is 30.7. The maximum absolute atomic E-state index is 14.2. The van der Waals surface area contributed by atoms with Gasteiger partial charge in [0.2, 0.25) is 0 Å². The number of likely N-dealkylation sites (tertiary alicyclic amines) is 1. The average molecular weight is 632 g/mol. The second kappa shape index (κ2) is 12.4. The second-order valence-corrected chi connectivity index (χ2v) is 11.6. The van der Waals surface area contributed by atoms with Crippen LogP contribution < -0.4 is 10.0 Å². The maximum atomic E-state index is 14.2. The molecule has 16 heteroatoms. The molecule has 5 rings (SSSR count). The molecule has 0 unspecified atom stereocenters. The van der Waals surface area contributed by atoms with Crippen LogP contribution in [0.25, 0.3) is 22.3 Å². The van der Waals surface area contributed by atoms with Crippen LogP contribution in [0.3, 0.4) is 0 Å². The predicted molar refractivity (Wildman–Crippen MR) is 153 cm³/mol. The number of ether oxygens (including phenoxy) is 1. The van der Waals surface area contributed by atoms with Gasteiger partial charge in [-0.3, -0.25) is 14.3 Å². The molecule has 43 heavy (non-hydrogen) atoms. The minimum absolute atomic E-state index is 0.0219. The van der Waals surface area contributed by atoms with Gasteiger partial charge in [-0.25, -0.2) is 37.1 Å². The largest absolute Gasteiger partial charge is 0.456 e. The van der Waals surface area contributed by atoms with E-state index in [0.29, 0.717) is 60.1 Å². The number of hydrogen-bond acceptors (Lipinski definition) is 10. The fourth-order valence-electron chi connectivity index (χ4n) is 4.48. The summed E-state index contributed by atoms with van der Waals surface area (Å²) in [7, 11) is -4.47. The Labute approximate surface area is 249 Å². The van der Waals surface area contributed by atoms with Crippen molar-refractivity contribution >= 4 is 56.0 Å². The first-order valence-corrected chi connectivity index (χ1v) is 14.8. The second-order valence-electron chi connectivity index (χ2n) is 9.61. The van der Waals surface area contributed by atoms with Gasteiger partial charge in [0.15, 0.2) is 17.6 Å². The van der Waals surface area contributed by atoms with Crippen LogP contribution in [0, 0.1) is 11.6 Å². The molecule has 0 spiro atoms. The van der Waals surface area contributed by atoms with E-state index in [9.17, 15) is 26.8 Å². The summed E-state index contributed by atoms with van der Waals surface area (Å²) in [6.07, 6.45) is 4.04. The smallest absolute Gasteiger partial charge is 0.303 e. The third kappa shape index (κ3) is 6.94. The Bertz CT molecular complexity index is 1820. The van der Waals surface area contributed by atoms with Crippen LogP contribution in [-0.4, -0.2) is 70.9 Å². The monoisotopic (exact) mass is 631 g/mol. The molecule has 1 aliphatic rings. The molecule has 4 aromatic rings. The first kappa shape index (κ1) is 30.0. The van der Waals surface area contributed by atoms with Crippen LogP contribution in [-0.2, 0) is 24.3 Å². The van der Waals surface area contributed by atoms with Crippen LogP contribution in [0.4, 0.5) is 20.3 Å². The first-order chi connectivity index (χ1) is 20.5. The van der Waals surface area contributed by atoms with Crippen molar-refractivity contribution in [3.8, 4) is 11.3 Å². The number of anilines is 2. The summed E-state index contributed by atoms with van der Waals surface area (Å²) in [5.74, 6) is -2.49. The SMILES string of the molecule is CC(=O)OCC(=O)N1CCC(Nc2ncnc3ccc(-c4cnc(Cl)c(NS(=O)(=O)c5ccc(F)cc5F)c4)nc23)CC1. The Hall–Kier alpha value is -4.50. The van der Waals surface area contributed by atoms with E-state index < -0.39 is 32.5 Å². The summed E-state index contributed by atoms with van der Waals surface area (Å²) in [5.41, 5.74) is 1.64. The molecule has 1 aliphatic heterocycles. The molecular weight excluding hydrogens is 608 g/mol. The summed E-state index contributed by atoms with van der Waals surface area (Å²) >= 11 is 6.14. The standard InChI is InChI=1S/C27H24ClF2N7O5S/c1-15(38)42-13-24(39)37-8-6-18(7-9-37)34-27-25-21(32-14-33-27)4-3-20(35-25)16-10-22(26(28)31-12-16)36-43(40,41)23-5-2-17(29)11-19(23)30/h2-5,10-12,14,18,36H,6-9,13H2,1H3,(H,32,33,34). The Balaban J connectivity index is 1.35. The van der Waals surface area contributed by atoms with Crippen molar-refractivity contribution < 1.29 is 31.5 Å². The van der Waals surface area contributed by atoms with Crippen molar-refractivity contribution in [1.29, 1.82) is 0 Å². The molecule has 1 amide bonds. The highest BCUT2D eigenvalue weighted by atomic mass is 35.5.